The number of benzene rings is 2. The van der Waals surface area contributed by atoms with Gasteiger partial charge in [0.25, 0.3) is 0 Å². The molecule has 172 valence electrons. The highest BCUT2D eigenvalue weighted by Crippen LogP contribution is 2.40. The van der Waals surface area contributed by atoms with E-state index >= 15 is 0 Å². The lowest BCUT2D eigenvalue weighted by Gasteiger charge is -2.43. The number of hydrogen-bond donors (Lipinski definition) is 1. The average molecular weight is 450 g/mol. The predicted octanol–water partition coefficient (Wildman–Crippen LogP) is 5.16. The number of aryl methyl sites for hydroxylation is 1. The summed E-state index contributed by atoms with van der Waals surface area (Å²) in [5, 5.41) is 17.7. The second kappa shape index (κ2) is 9.67. The van der Waals surface area contributed by atoms with Crippen molar-refractivity contribution in [2.24, 2.45) is 0 Å². The SMILES string of the molecule is Cc1ccc(-c2ccc([C@H](C)N3CC[C@](CCCO)(c4ccc(F)cc4)OC3=O)cc2)nn1. The highest BCUT2D eigenvalue weighted by Gasteiger charge is 2.43. The molecule has 1 amide bonds. The van der Waals surface area contributed by atoms with Crippen LogP contribution < -0.4 is 0 Å². The Morgan fingerprint density at radius 3 is 2.42 bits per heavy atom. The van der Waals surface area contributed by atoms with Crippen molar-refractivity contribution in [1.29, 1.82) is 0 Å². The molecule has 0 spiro atoms. The number of amides is 1. The number of aliphatic hydroxyl groups excluding tert-OH is 1. The summed E-state index contributed by atoms with van der Waals surface area (Å²) in [6, 6.07) is 17.7. The Kier molecular flexibility index (Phi) is 6.70. The topological polar surface area (TPSA) is 75.6 Å². The van der Waals surface area contributed by atoms with Crippen LogP contribution in [0.3, 0.4) is 0 Å². The van der Waals surface area contributed by atoms with Crippen LogP contribution in [0.2, 0.25) is 0 Å². The van der Waals surface area contributed by atoms with Crippen molar-refractivity contribution in [2.75, 3.05) is 13.2 Å². The molecule has 6 nitrogen and oxygen atoms in total. The van der Waals surface area contributed by atoms with Crippen LogP contribution in [0.1, 0.15) is 49.0 Å². The van der Waals surface area contributed by atoms with Crippen molar-refractivity contribution in [3.63, 3.8) is 0 Å². The highest BCUT2D eigenvalue weighted by molar-refractivity contribution is 5.70. The van der Waals surface area contributed by atoms with Crippen LogP contribution in [0.5, 0.6) is 0 Å². The van der Waals surface area contributed by atoms with Gasteiger partial charge in [-0.2, -0.15) is 10.2 Å². The van der Waals surface area contributed by atoms with Crippen LogP contribution in [-0.4, -0.2) is 39.4 Å². The molecule has 1 fully saturated rings. The predicted molar refractivity (Wildman–Crippen MR) is 123 cm³/mol. The first-order valence-corrected chi connectivity index (χ1v) is 11.2. The van der Waals surface area contributed by atoms with Gasteiger partial charge in [-0.05, 0) is 62.1 Å². The van der Waals surface area contributed by atoms with Crippen LogP contribution in [0.15, 0.2) is 60.7 Å². The van der Waals surface area contributed by atoms with E-state index in [2.05, 4.69) is 10.2 Å². The number of aliphatic hydroxyl groups is 1. The van der Waals surface area contributed by atoms with Gasteiger partial charge in [-0.3, -0.25) is 0 Å². The Balaban J connectivity index is 1.50. The Bertz CT molecular complexity index is 1090. The van der Waals surface area contributed by atoms with E-state index in [0.29, 0.717) is 25.8 Å². The molecular weight excluding hydrogens is 421 g/mol. The number of halogens is 1. The molecule has 1 aliphatic heterocycles. The number of rotatable bonds is 7. The van der Waals surface area contributed by atoms with E-state index in [-0.39, 0.29) is 18.5 Å². The van der Waals surface area contributed by atoms with Crippen molar-refractivity contribution in [3.05, 3.63) is 83.3 Å². The van der Waals surface area contributed by atoms with Crippen LogP contribution in [0.25, 0.3) is 11.3 Å². The lowest BCUT2D eigenvalue weighted by molar-refractivity contribution is -0.0680. The molecule has 4 rings (SSSR count). The third kappa shape index (κ3) is 4.88. The van der Waals surface area contributed by atoms with E-state index in [1.165, 1.54) is 12.1 Å². The first kappa shape index (κ1) is 22.9. The molecule has 3 aromatic rings. The number of carbonyl (C=O) groups is 1. The zero-order valence-electron chi connectivity index (χ0n) is 18.9. The Hall–Kier alpha value is -3.32. The maximum Gasteiger partial charge on any atom is 0.411 e. The summed E-state index contributed by atoms with van der Waals surface area (Å²) in [5.74, 6) is -0.339. The molecule has 2 aromatic carbocycles. The van der Waals surface area contributed by atoms with Crippen molar-refractivity contribution < 1.29 is 19.0 Å². The standard InChI is InChI=1S/C26H28FN3O3/c1-18-4-13-24(29-28-18)21-7-5-20(6-8-21)19(2)30-16-15-26(14-3-17-31,33-25(30)32)22-9-11-23(27)12-10-22/h4-13,19,31H,3,14-17H2,1-2H3/t19-,26+/m0/s1. The summed E-state index contributed by atoms with van der Waals surface area (Å²) in [6.07, 6.45) is 1.12. The number of nitrogens with zero attached hydrogens (tertiary/aromatic N) is 3. The average Bonchev–Trinajstić information content (AvgIpc) is 2.83. The van der Waals surface area contributed by atoms with E-state index in [0.717, 1.165) is 28.1 Å². The number of hydrogen-bond acceptors (Lipinski definition) is 5. The van der Waals surface area contributed by atoms with Crippen molar-refractivity contribution in [2.45, 2.75) is 44.8 Å². The third-order valence-electron chi connectivity index (χ3n) is 6.34. The molecule has 0 bridgehead atoms. The van der Waals surface area contributed by atoms with Gasteiger partial charge in [-0.1, -0.05) is 36.4 Å². The van der Waals surface area contributed by atoms with Gasteiger partial charge < -0.3 is 14.7 Å². The van der Waals surface area contributed by atoms with Crippen LogP contribution in [-0.2, 0) is 10.3 Å². The first-order valence-electron chi connectivity index (χ1n) is 11.2. The van der Waals surface area contributed by atoms with E-state index in [1.54, 1.807) is 17.0 Å². The zero-order valence-corrected chi connectivity index (χ0v) is 18.9. The Morgan fingerprint density at radius 2 is 1.82 bits per heavy atom. The molecule has 1 saturated heterocycles. The minimum atomic E-state index is -0.863. The number of aromatic nitrogens is 2. The number of ether oxygens (including phenoxy) is 1. The summed E-state index contributed by atoms with van der Waals surface area (Å²) < 4.78 is 19.5. The second-order valence-corrected chi connectivity index (χ2v) is 8.50. The van der Waals surface area contributed by atoms with Gasteiger partial charge in [-0.25, -0.2) is 9.18 Å². The summed E-state index contributed by atoms with van der Waals surface area (Å²) in [6.45, 7) is 4.36. The van der Waals surface area contributed by atoms with Gasteiger partial charge in [0.2, 0.25) is 0 Å². The van der Waals surface area contributed by atoms with E-state index in [9.17, 15) is 14.3 Å². The van der Waals surface area contributed by atoms with Crippen molar-refractivity contribution >= 4 is 6.09 Å². The maximum atomic E-state index is 13.5. The second-order valence-electron chi connectivity index (χ2n) is 8.50. The summed E-state index contributed by atoms with van der Waals surface area (Å²) in [4.78, 5) is 14.8. The molecule has 2 atom stereocenters. The van der Waals surface area contributed by atoms with E-state index < -0.39 is 11.7 Å². The Morgan fingerprint density at radius 1 is 1.09 bits per heavy atom. The van der Waals surface area contributed by atoms with Crippen molar-refractivity contribution in [3.8, 4) is 11.3 Å². The molecule has 0 aliphatic carbocycles. The van der Waals surface area contributed by atoms with Crippen molar-refractivity contribution in [1.82, 2.24) is 15.1 Å². The fourth-order valence-corrected chi connectivity index (χ4v) is 4.33. The van der Waals surface area contributed by atoms with Gasteiger partial charge in [0.1, 0.15) is 11.4 Å². The zero-order chi connectivity index (χ0) is 23.4. The van der Waals surface area contributed by atoms with Crippen LogP contribution in [0.4, 0.5) is 9.18 Å². The molecule has 1 N–H and O–H groups in total. The summed E-state index contributed by atoms with van der Waals surface area (Å²) >= 11 is 0. The van der Waals surface area contributed by atoms with Crippen LogP contribution >= 0.6 is 0 Å². The normalized spacial score (nSPS) is 19.3. The molecule has 1 aliphatic rings. The molecule has 0 saturated carbocycles. The molecule has 33 heavy (non-hydrogen) atoms. The van der Waals surface area contributed by atoms with E-state index in [1.807, 2.05) is 50.2 Å². The summed E-state index contributed by atoms with van der Waals surface area (Å²) in [5.41, 5.74) is 3.49. The highest BCUT2D eigenvalue weighted by atomic mass is 19.1. The fraction of sp³-hybridized carbons (Fsp3) is 0.346. The fourth-order valence-electron chi connectivity index (χ4n) is 4.33. The van der Waals surface area contributed by atoms with Gasteiger partial charge in [-0.15, -0.1) is 0 Å². The lowest BCUT2D eigenvalue weighted by atomic mass is 9.84. The van der Waals surface area contributed by atoms with Crippen LogP contribution in [0, 0.1) is 12.7 Å². The minimum absolute atomic E-state index is 0.00167. The molecule has 0 unspecified atom stereocenters. The van der Waals surface area contributed by atoms with Gasteiger partial charge >= 0.3 is 6.09 Å². The third-order valence-corrected chi connectivity index (χ3v) is 6.34. The van der Waals surface area contributed by atoms with Gasteiger partial charge in [0.05, 0.1) is 17.4 Å². The van der Waals surface area contributed by atoms with Gasteiger partial charge in [0.15, 0.2) is 0 Å². The van der Waals surface area contributed by atoms with Gasteiger partial charge in [0, 0.05) is 25.1 Å². The number of carbonyl (C=O) groups excluding carboxylic acids is 1. The monoisotopic (exact) mass is 449 g/mol. The maximum absolute atomic E-state index is 13.5. The largest absolute Gasteiger partial charge is 0.438 e. The molecule has 1 aromatic heterocycles. The lowest BCUT2D eigenvalue weighted by Crippen LogP contribution is -2.48. The van der Waals surface area contributed by atoms with E-state index in [4.69, 9.17) is 4.74 Å². The molecule has 2 heterocycles. The molecule has 0 radical (unpaired) electrons. The molecule has 7 heteroatoms. The molecular formula is C26H28FN3O3. The first-order chi connectivity index (χ1) is 15.9. The Labute approximate surface area is 193 Å². The summed E-state index contributed by atoms with van der Waals surface area (Å²) in [7, 11) is 0. The number of cyclic esters (lactones) is 1. The quantitative estimate of drug-likeness (QED) is 0.539. The smallest absolute Gasteiger partial charge is 0.411 e. The minimum Gasteiger partial charge on any atom is -0.438 e.